The highest BCUT2D eigenvalue weighted by Crippen LogP contribution is 2.32. The summed E-state index contributed by atoms with van der Waals surface area (Å²) < 4.78 is 0. The Labute approximate surface area is 108 Å². The maximum absolute atomic E-state index is 12.1. The average molecular weight is 249 g/mol. The minimum atomic E-state index is -0.433. The second-order valence-corrected chi connectivity index (χ2v) is 5.79. The Morgan fingerprint density at radius 3 is 2.39 bits per heavy atom. The molecule has 0 spiro atoms. The number of hydrogen-bond donors (Lipinski definition) is 2. The normalized spacial score (nSPS) is 19.2. The van der Waals surface area contributed by atoms with Crippen LogP contribution in [0, 0.1) is 6.92 Å². The summed E-state index contributed by atoms with van der Waals surface area (Å²) in [5, 5.41) is 0. The number of hydrogen-bond acceptors (Lipinski definition) is 3. The average Bonchev–Trinajstić information content (AvgIpc) is 2.28. The van der Waals surface area contributed by atoms with Crippen LogP contribution in [0.1, 0.15) is 69.0 Å². The molecule has 1 aromatic heterocycles. The summed E-state index contributed by atoms with van der Waals surface area (Å²) in [5.41, 5.74) is 7.55. The van der Waals surface area contributed by atoms with Gasteiger partial charge in [0.05, 0.1) is 5.54 Å². The molecule has 0 aliphatic heterocycles. The van der Waals surface area contributed by atoms with Gasteiger partial charge in [0.1, 0.15) is 5.82 Å². The maximum Gasteiger partial charge on any atom is 0.254 e. The van der Waals surface area contributed by atoms with Gasteiger partial charge in [0.15, 0.2) is 0 Å². The topological polar surface area (TPSA) is 71.8 Å². The van der Waals surface area contributed by atoms with E-state index in [1.807, 2.05) is 20.8 Å². The van der Waals surface area contributed by atoms with Gasteiger partial charge in [-0.3, -0.25) is 4.79 Å². The fraction of sp³-hybridized carbons (Fsp3) is 0.714. The Morgan fingerprint density at radius 1 is 1.28 bits per heavy atom. The standard InChI is InChI=1S/C14H23N3O/c1-9(2)11-10(3)16-13(17-12(11)18)14(15)7-5-4-6-8-14/h9H,4-8,15H2,1-3H3,(H,16,17,18). The van der Waals surface area contributed by atoms with E-state index < -0.39 is 5.54 Å². The molecule has 0 bridgehead atoms. The third-order valence-corrected chi connectivity index (χ3v) is 3.94. The van der Waals surface area contributed by atoms with Crippen molar-refractivity contribution >= 4 is 0 Å². The molecule has 100 valence electrons. The molecule has 1 aromatic rings. The lowest BCUT2D eigenvalue weighted by atomic mass is 9.82. The number of aromatic amines is 1. The van der Waals surface area contributed by atoms with E-state index in [1.165, 1.54) is 6.42 Å². The largest absolute Gasteiger partial charge is 0.319 e. The van der Waals surface area contributed by atoms with Crippen LogP contribution in [-0.2, 0) is 5.54 Å². The summed E-state index contributed by atoms with van der Waals surface area (Å²) in [6.45, 7) is 5.93. The monoisotopic (exact) mass is 249 g/mol. The second-order valence-electron chi connectivity index (χ2n) is 5.79. The first kappa shape index (κ1) is 13.3. The van der Waals surface area contributed by atoms with Crippen LogP contribution in [0.4, 0.5) is 0 Å². The quantitative estimate of drug-likeness (QED) is 0.845. The molecular formula is C14H23N3O. The van der Waals surface area contributed by atoms with E-state index in [0.29, 0.717) is 5.82 Å². The Morgan fingerprint density at radius 2 is 1.89 bits per heavy atom. The summed E-state index contributed by atoms with van der Waals surface area (Å²) in [5.74, 6) is 0.865. The summed E-state index contributed by atoms with van der Waals surface area (Å²) in [6, 6.07) is 0. The van der Waals surface area contributed by atoms with Crippen molar-refractivity contribution < 1.29 is 0 Å². The first-order chi connectivity index (χ1) is 8.44. The number of aryl methyl sites for hydroxylation is 1. The summed E-state index contributed by atoms with van der Waals surface area (Å²) in [6.07, 6.45) is 5.29. The molecule has 3 N–H and O–H groups in total. The van der Waals surface area contributed by atoms with Gasteiger partial charge in [-0.1, -0.05) is 33.1 Å². The van der Waals surface area contributed by atoms with Gasteiger partial charge in [-0.05, 0) is 25.7 Å². The van der Waals surface area contributed by atoms with Crippen LogP contribution in [-0.4, -0.2) is 9.97 Å². The lowest BCUT2D eigenvalue weighted by molar-refractivity contribution is 0.285. The van der Waals surface area contributed by atoms with Crippen molar-refractivity contribution in [3.63, 3.8) is 0 Å². The zero-order chi connectivity index (χ0) is 13.3. The van der Waals surface area contributed by atoms with Gasteiger partial charge < -0.3 is 10.7 Å². The molecule has 0 amide bonds. The number of nitrogens with two attached hydrogens (primary N) is 1. The molecule has 0 radical (unpaired) electrons. The summed E-state index contributed by atoms with van der Waals surface area (Å²) in [4.78, 5) is 19.6. The molecule has 1 aliphatic carbocycles. The van der Waals surface area contributed by atoms with Gasteiger partial charge in [-0.2, -0.15) is 0 Å². The van der Waals surface area contributed by atoms with E-state index in [1.54, 1.807) is 0 Å². The minimum Gasteiger partial charge on any atom is -0.319 e. The van der Waals surface area contributed by atoms with Crippen LogP contribution in [0.15, 0.2) is 4.79 Å². The Balaban J connectivity index is 2.44. The van der Waals surface area contributed by atoms with E-state index in [4.69, 9.17) is 5.73 Å². The number of H-pyrrole nitrogens is 1. The van der Waals surface area contributed by atoms with E-state index in [2.05, 4.69) is 9.97 Å². The van der Waals surface area contributed by atoms with Crippen molar-refractivity contribution in [1.82, 2.24) is 9.97 Å². The number of rotatable bonds is 2. The number of nitrogens with zero attached hydrogens (tertiary/aromatic N) is 1. The maximum atomic E-state index is 12.1. The third kappa shape index (κ3) is 2.34. The van der Waals surface area contributed by atoms with Gasteiger partial charge in [0.2, 0.25) is 0 Å². The lowest BCUT2D eigenvalue weighted by Gasteiger charge is -2.32. The zero-order valence-electron chi connectivity index (χ0n) is 11.5. The third-order valence-electron chi connectivity index (χ3n) is 3.94. The predicted octanol–water partition coefficient (Wildman–Crippen LogP) is 2.32. The van der Waals surface area contributed by atoms with Crippen molar-refractivity contribution in [2.45, 2.75) is 64.3 Å². The molecule has 0 saturated heterocycles. The van der Waals surface area contributed by atoms with E-state index in [9.17, 15) is 4.79 Å². The van der Waals surface area contributed by atoms with Crippen LogP contribution >= 0.6 is 0 Å². The Kier molecular flexibility index (Phi) is 3.57. The van der Waals surface area contributed by atoms with E-state index in [-0.39, 0.29) is 11.5 Å². The summed E-state index contributed by atoms with van der Waals surface area (Å²) >= 11 is 0. The smallest absolute Gasteiger partial charge is 0.254 e. The van der Waals surface area contributed by atoms with Gasteiger partial charge in [-0.25, -0.2) is 4.98 Å². The van der Waals surface area contributed by atoms with Gasteiger partial charge in [0, 0.05) is 11.3 Å². The highest BCUT2D eigenvalue weighted by atomic mass is 16.1. The van der Waals surface area contributed by atoms with Crippen LogP contribution in [0.2, 0.25) is 0 Å². The summed E-state index contributed by atoms with van der Waals surface area (Å²) in [7, 11) is 0. The molecule has 1 aliphatic rings. The molecule has 18 heavy (non-hydrogen) atoms. The Hall–Kier alpha value is -1.16. The van der Waals surface area contributed by atoms with Crippen LogP contribution in [0.3, 0.4) is 0 Å². The van der Waals surface area contributed by atoms with Crippen molar-refractivity contribution in [3.8, 4) is 0 Å². The number of nitrogens with one attached hydrogen (secondary N) is 1. The lowest BCUT2D eigenvalue weighted by Crippen LogP contribution is -2.42. The van der Waals surface area contributed by atoms with Crippen molar-refractivity contribution in [3.05, 3.63) is 27.4 Å². The zero-order valence-corrected chi connectivity index (χ0v) is 11.5. The van der Waals surface area contributed by atoms with Crippen molar-refractivity contribution in [2.24, 2.45) is 5.73 Å². The fourth-order valence-electron chi connectivity index (χ4n) is 2.93. The van der Waals surface area contributed by atoms with Gasteiger partial charge in [0.25, 0.3) is 5.56 Å². The van der Waals surface area contributed by atoms with Gasteiger partial charge >= 0.3 is 0 Å². The molecule has 4 heteroatoms. The predicted molar refractivity (Wildman–Crippen MR) is 72.6 cm³/mol. The van der Waals surface area contributed by atoms with Crippen LogP contribution < -0.4 is 11.3 Å². The van der Waals surface area contributed by atoms with Crippen LogP contribution in [0.5, 0.6) is 0 Å². The fourth-order valence-corrected chi connectivity index (χ4v) is 2.93. The highest BCUT2D eigenvalue weighted by molar-refractivity contribution is 5.22. The molecule has 1 fully saturated rings. The second kappa shape index (κ2) is 4.84. The number of aromatic nitrogens is 2. The highest BCUT2D eigenvalue weighted by Gasteiger charge is 2.32. The molecule has 0 aromatic carbocycles. The van der Waals surface area contributed by atoms with E-state index in [0.717, 1.165) is 36.9 Å². The minimum absolute atomic E-state index is 0.0251. The molecule has 4 nitrogen and oxygen atoms in total. The molecule has 0 atom stereocenters. The van der Waals surface area contributed by atoms with E-state index >= 15 is 0 Å². The first-order valence-electron chi connectivity index (χ1n) is 6.84. The Bertz CT molecular complexity index is 484. The first-order valence-corrected chi connectivity index (χ1v) is 6.84. The molecule has 0 unspecified atom stereocenters. The molecule has 1 heterocycles. The van der Waals surface area contributed by atoms with Crippen molar-refractivity contribution in [2.75, 3.05) is 0 Å². The molecule has 1 saturated carbocycles. The molecule has 2 rings (SSSR count). The van der Waals surface area contributed by atoms with Crippen LogP contribution in [0.25, 0.3) is 0 Å². The van der Waals surface area contributed by atoms with Gasteiger partial charge in [-0.15, -0.1) is 0 Å². The SMILES string of the molecule is Cc1nc(C2(N)CCCCC2)[nH]c(=O)c1C(C)C. The van der Waals surface area contributed by atoms with Crippen molar-refractivity contribution in [1.29, 1.82) is 0 Å². The molecular weight excluding hydrogens is 226 g/mol.